The van der Waals surface area contributed by atoms with Crippen LogP contribution in [0.25, 0.3) is 10.9 Å². The molecule has 0 fully saturated rings. The van der Waals surface area contributed by atoms with Gasteiger partial charge in [-0.2, -0.15) is 4.68 Å². The van der Waals surface area contributed by atoms with E-state index in [4.69, 9.17) is 0 Å². The van der Waals surface area contributed by atoms with Crippen LogP contribution in [0, 0.1) is 0 Å². The standard InChI is InChI=1S/C12H13N3O3/c1-2-5-10(16)14-15-11(17)8-6-3-4-7-9(8)13-12(15)18/h3-4,6-7H,2,5H2,1H3,(H,13,18)(H,14,16). The van der Waals surface area contributed by atoms with E-state index >= 15 is 0 Å². The molecule has 0 radical (unpaired) electrons. The summed E-state index contributed by atoms with van der Waals surface area (Å²) in [6, 6.07) is 6.64. The number of H-pyrrole nitrogens is 1. The summed E-state index contributed by atoms with van der Waals surface area (Å²) in [5.41, 5.74) is 1.57. The van der Waals surface area contributed by atoms with Gasteiger partial charge in [0.15, 0.2) is 0 Å². The second kappa shape index (κ2) is 4.87. The van der Waals surface area contributed by atoms with Crippen molar-refractivity contribution in [2.24, 2.45) is 0 Å². The molecule has 0 aliphatic rings. The summed E-state index contributed by atoms with van der Waals surface area (Å²) in [7, 11) is 0. The third-order valence-corrected chi connectivity index (χ3v) is 2.52. The van der Waals surface area contributed by atoms with Gasteiger partial charge >= 0.3 is 5.69 Å². The molecule has 18 heavy (non-hydrogen) atoms. The van der Waals surface area contributed by atoms with Crippen molar-refractivity contribution in [3.05, 3.63) is 45.1 Å². The van der Waals surface area contributed by atoms with Crippen LogP contribution in [0.1, 0.15) is 19.8 Å². The van der Waals surface area contributed by atoms with Crippen molar-refractivity contribution in [3.63, 3.8) is 0 Å². The predicted molar refractivity (Wildman–Crippen MR) is 68.1 cm³/mol. The quantitative estimate of drug-likeness (QED) is 0.831. The highest BCUT2D eigenvalue weighted by Crippen LogP contribution is 2.02. The number of para-hydroxylation sites is 1. The van der Waals surface area contributed by atoms with E-state index in [-0.39, 0.29) is 12.3 Å². The van der Waals surface area contributed by atoms with Crippen molar-refractivity contribution in [2.45, 2.75) is 19.8 Å². The number of hydrogen-bond acceptors (Lipinski definition) is 3. The topological polar surface area (TPSA) is 84.0 Å². The zero-order valence-electron chi connectivity index (χ0n) is 9.90. The molecule has 2 rings (SSSR count). The highest BCUT2D eigenvalue weighted by atomic mass is 16.2. The van der Waals surface area contributed by atoms with Crippen LogP contribution >= 0.6 is 0 Å². The van der Waals surface area contributed by atoms with E-state index in [1.54, 1.807) is 24.3 Å². The van der Waals surface area contributed by atoms with Crippen LogP contribution in [0.3, 0.4) is 0 Å². The third-order valence-electron chi connectivity index (χ3n) is 2.52. The highest BCUT2D eigenvalue weighted by Gasteiger charge is 2.09. The zero-order chi connectivity index (χ0) is 13.1. The minimum absolute atomic E-state index is 0.263. The summed E-state index contributed by atoms with van der Waals surface area (Å²) in [6.07, 6.45) is 0.908. The molecule has 0 spiro atoms. The maximum atomic E-state index is 12.0. The number of aromatic amines is 1. The number of aromatic nitrogens is 2. The van der Waals surface area contributed by atoms with Crippen molar-refractivity contribution in [1.29, 1.82) is 0 Å². The SMILES string of the molecule is CCCC(=O)Nn1c(=O)[nH]c2ccccc2c1=O. The largest absolute Gasteiger partial charge is 0.348 e. The first-order chi connectivity index (χ1) is 8.63. The molecule has 1 aromatic carbocycles. The van der Waals surface area contributed by atoms with Gasteiger partial charge in [-0.1, -0.05) is 19.1 Å². The second-order valence-electron chi connectivity index (χ2n) is 3.90. The molecule has 0 bridgehead atoms. The fourth-order valence-electron chi connectivity index (χ4n) is 1.67. The summed E-state index contributed by atoms with van der Waals surface area (Å²) in [5, 5.41) is 0.355. The Morgan fingerprint density at radius 1 is 1.33 bits per heavy atom. The number of hydrogen-bond donors (Lipinski definition) is 2. The molecule has 2 aromatic rings. The third kappa shape index (κ3) is 2.17. The molecule has 2 N–H and O–H groups in total. The van der Waals surface area contributed by atoms with E-state index in [1.807, 2.05) is 6.92 Å². The fraction of sp³-hybridized carbons (Fsp3) is 0.250. The Bertz CT molecular complexity index is 700. The average Bonchev–Trinajstić information content (AvgIpc) is 2.35. The Morgan fingerprint density at radius 2 is 2.06 bits per heavy atom. The van der Waals surface area contributed by atoms with Gasteiger partial charge in [-0.05, 0) is 18.6 Å². The maximum absolute atomic E-state index is 12.0. The number of carbonyl (C=O) groups is 1. The van der Waals surface area contributed by atoms with E-state index in [2.05, 4.69) is 10.4 Å². The fourth-order valence-corrected chi connectivity index (χ4v) is 1.67. The molecule has 0 aliphatic carbocycles. The number of nitrogens with zero attached hydrogens (tertiary/aromatic N) is 1. The molecular formula is C12H13N3O3. The molecule has 1 heterocycles. The first-order valence-corrected chi connectivity index (χ1v) is 5.67. The Hall–Kier alpha value is -2.37. The van der Waals surface area contributed by atoms with Gasteiger partial charge < -0.3 is 4.98 Å². The minimum Gasteiger partial charge on any atom is -0.305 e. The van der Waals surface area contributed by atoms with Gasteiger partial charge in [0.05, 0.1) is 10.9 Å². The smallest absolute Gasteiger partial charge is 0.305 e. The lowest BCUT2D eigenvalue weighted by Crippen LogP contribution is -2.43. The molecule has 94 valence electrons. The lowest BCUT2D eigenvalue weighted by Gasteiger charge is -2.07. The Balaban J connectivity index is 2.55. The molecule has 6 heteroatoms. The molecule has 0 atom stereocenters. The van der Waals surface area contributed by atoms with Crippen LogP contribution in [-0.2, 0) is 4.79 Å². The summed E-state index contributed by atoms with van der Waals surface area (Å²) in [4.78, 5) is 37.7. The molecular weight excluding hydrogens is 234 g/mol. The first-order valence-electron chi connectivity index (χ1n) is 5.67. The van der Waals surface area contributed by atoms with Crippen molar-refractivity contribution >= 4 is 16.8 Å². The Labute approximate surface area is 102 Å². The van der Waals surface area contributed by atoms with Crippen LogP contribution in [0.4, 0.5) is 0 Å². The first kappa shape index (κ1) is 12.1. The number of carbonyl (C=O) groups excluding carboxylic acids is 1. The van der Waals surface area contributed by atoms with Crippen LogP contribution < -0.4 is 16.7 Å². The van der Waals surface area contributed by atoms with Crippen molar-refractivity contribution in [2.75, 3.05) is 5.43 Å². The van der Waals surface area contributed by atoms with Crippen molar-refractivity contribution in [1.82, 2.24) is 9.66 Å². The molecule has 0 aliphatic heterocycles. The van der Waals surface area contributed by atoms with E-state index in [0.29, 0.717) is 22.0 Å². The van der Waals surface area contributed by atoms with Gasteiger partial charge in [0, 0.05) is 6.42 Å². The van der Waals surface area contributed by atoms with Gasteiger partial charge in [-0.25, -0.2) is 4.79 Å². The highest BCUT2D eigenvalue weighted by molar-refractivity contribution is 5.84. The van der Waals surface area contributed by atoms with E-state index in [0.717, 1.165) is 0 Å². The normalized spacial score (nSPS) is 10.5. The zero-order valence-corrected chi connectivity index (χ0v) is 9.90. The predicted octanol–water partition coefficient (Wildman–Crippen LogP) is 0.560. The van der Waals surface area contributed by atoms with Crippen LogP contribution in [0.2, 0.25) is 0 Å². The van der Waals surface area contributed by atoms with Crippen LogP contribution in [-0.4, -0.2) is 15.6 Å². The summed E-state index contributed by atoms with van der Waals surface area (Å²) in [6.45, 7) is 1.84. The number of amides is 1. The monoisotopic (exact) mass is 247 g/mol. The molecule has 1 amide bonds. The molecule has 0 unspecified atom stereocenters. The van der Waals surface area contributed by atoms with E-state index in [1.165, 1.54) is 0 Å². The molecule has 6 nitrogen and oxygen atoms in total. The van der Waals surface area contributed by atoms with Crippen LogP contribution in [0.15, 0.2) is 33.9 Å². The van der Waals surface area contributed by atoms with Crippen LogP contribution in [0.5, 0.6) is 0 Å². The number of benzene rings is 1. The Kier molecular flexibility index (Phi) is 3.27. The van der Waals surface area contributed by atoms with Gasteiger partial charge in [-0.15, -0.1) is 0 Å². The number of nitrogens with one attached hydrogen (secondary N) is 2. The summed E-state index contributed by atoms with van der Waals surface area (Å²) >= 11 is 0. The number of fused-ring (bicyclic) bond motifs is 1. The molecule has 0 saturated heterocycles. The van der Waals surface area contributed by atoms with Gasteiger partial charge in [0.25, 0.3) is 5.56 Å². The lowest BCUT2D eigenvalue weighted by molar-refractivity contribution is -0.117. The van der Waals surface area contributed by atoms with E-state index in [9.17, 15) is 14.4 Å². The number of rotatable bonds is 3. The van der Waals surface area contributed by atoms with Crippen molar-refractivity contribution in [3.8, 4) is 0 Å². The van der Waals surface area contributed by atoms with Gasteiger partial charge in [-0.3, -0.25) is 15.0 Å². The van der Waals surface area contributed by atoms with Crippen molar-refractivity contribution < 1.29 is 4.79 Å². The summed E-state index contributed by atoms with van der Waals surface area (Å²) in [5.74, 6) is -0.361. The maximum Gasteiger partial charge on any atom is 0.348 e. The average molecular weight is 247 g/mol. The molecule has 1 aromatic heterocycles. The molecule has 0 saturated carbocycles. The summed E-state index contributed by atoms with van der Waals surface area (Å²) < 4.78 is 0.709. The lowest BCUT2D eigenvalue weighted by atomic mass is 10.2. The Morgan fingerprint density at radius 3 is 2.78 bits per heavy atom. The minimum atomic E-state index is -0.650. The van der Waals surface area contributed by atoms with Gasteiger partial charge in [0.1, 0.15) is 0 Å². The van der Waals surface area contributed by atoms with Gasteiger partial charge in [0.2, 0.25) is 5.91 Å². The second-order valence-corrected chi connectivity index (χ2v) is 3.90. The van der Waals surface area contributed by atoms with E-state index < -0.39 is 11.2 Å².